The molecule has 0 saturated heterocycles. The summed E-state index contributed by atoms with van der Waals surface area (Å²) in [6.45, 7) is 9.22. The van der Waals surface area contributed by atoms with Crippen molar-refractivity contribution in [2.24, 2.45) is 17.8 Å². The van der Waals surface area contributed by atoms with E-state index in [9.17, 15) is 14.9 Å². The van der Waals surface area contributed by atoms with Crippen LogP contribution in [-0.4, -0.2) is 42.6 Å². The summed E-state index contributed by atoms with van der Waals surface area (Å²) in [6, 6.07) is 19.9. The average Bonchev–Trinajstić information content (AvgIpc) is 3.58. The third-order valence-electron chi connectivity index (χ3n) is 8.59. The summed E-state index contributed by atoms with van der Waals surface area (Å²) < 4.78 is 6.09. The number of nitrogens with zero attached hydrogens (tertiary/aromatic N) is 5. The van der Waals surface area contributed by atoms with E-state index >= 15 is 0 Å². The van der Waals surface area contributed by atoms with Crippen molar-refractivity contribution < 1.29 is 19.3 Å². The molecule has 1 aromatic heterocycles. The summed E-state index contributed by atoms with van der Waals surface area (Å²) in [6.07, 6.45) is 3.28. The van der Waals surface area contributed by atoms with Crippen molar-refractivity contribution in [1.82, 2.24) is 25.7 Å². The molecule has 12 heteroatoms. The van der Waals surface area contributed by atoms with Crippen LogP contribution in [0.3, 0.4) is 0 Å². The number of benzene rings is 3. The molecule has 242 valence electrons. The third kappa shape index (κ3) is 8.25. The number of carbonyl (C=O) groups excluding carboxylic acids is 1. The van der Waals surface area contributed by atoms with Crippen LogP contribution in [0, 0.1) is 27.9 Å². The van der Waals surface area contributed by atoms with Gasteiger partial charge in [-0.3, -0.25) is 19.7 Å². The van der Waals surface area contributed by atoms with Crippen molar-refractivity contribution in [3.63, 3.8) is 0 Å². The number of tetrazole rings is 1. The van der Waals surface area contributed by atoms with Gasteiger partial charge in [-0.05, 0) is 58.7 Å². The Morgan fingerprint density at radius 3 is 2.48 bits per heavy atom. The second kappa shape index (κ2) is 15.0. The zero-order valence-electron chi connectivity index (χ0n) is 26.7. The molecule has 2 N–H and O–H groups in total. The van der Waals surface area contributed by atoms with Crippen molar-refractivity contribution >= 4 is 17.3 Å². The van der Waals surface area contributed by atoms with Crippen molar-refractivity contribution in [3.8, 4) is 17.1 Å². The smallest absolute Gasteiger partial charge is 0.270 e. The monoisotopic (exact) mass is 627 g/mol. The molecule has 1 saturated carbocycles. The molecule has 3 aromatic carbocycles. The second-order valence-electron chi connectivity index (χ2n) is 12.2. The molecule has 1 aliphatic carbocycles. The van der Waals surface area contributed by atoms with Gasteiger partial charge in [0.05, 0.1) is 17.6 Å². The molecule has 0 radical (unpaired) electrons. The van der Waals surface area contributed by atoms with Crippen LogP contribution in [0.1, 0.15) is 63.6 Å². The molecule has 4 aromatic rings. The number of ether oxygens (including phenoxy) is 1. The van der Waals surface area contributed by atoms with Gasteiger partial charge in [-0.2, -0.15) is 5.21 Å². The number of nitro groups is 1. The predicted octanol–water partition coefficient (Wildman–Crippen LogP) is 6.71. The Kier molecular flexibility index (Phi) is 10.6. The van der Waals surface area contributed by atoms with Gasteiger partial charge in [-0.25, -0.2) is 5.06 Å². The van der Waals surface area contributed by atoms with E-state index in [4.69, 9.17) is 9.57 Å². The van der Waals surface area contributed by atoms with Crippen LogP contribution in [-0.2, 0) is 29.3 Å². The van der Waals surface area contributed by atoms with E-state index in [1.165, 1.54) is 30.5 Å². The number of hydroxylamine groups is 2. The minimum Gasteiger partial charge on any atom is -0.489 e. The van der Waals surface area contributed by atoms with Gasteiger partial charge in [0.25, 0.3) is 5.69 Å². The number of non-ortho nitro benzene ring substituents is 1. The summed E-state index contributed by atoms with van der Waals surface area (Å²) in [5.41, 5.74) is 4.15. The Labute approximate surface area is 268 Å². The molecule has 0 aliphatic heterocycles. The zero-order chi connectivity index (χ0) is 32.6. The minimum atomic E-state index is -0.418. The van der Waals surface area contributed by atoms with Crippen LogP contribution < -0.4 is 10.1 Å². The number of amides is 1. The minimum absolute atomic E-state index is 0.0136. The molecule has 1 heterocycles. The summed E-state index contributed by atoms with van der Waals surface area (Å²) in [5, 5.41) is 30.3. The highest BCUT2D eigenvalue weighted by molar-refractivity contribution is 5.72. The SMILES string of the molecule is CC(=O)N(Cc1ccc(NCc2cc([N+](=O)[O-])ccc2OCc2ccc(-c3nn[nH]n3)cc2)cc1)OC1CCCC(C)C1C(C)C. The lowest BCUT2D eigenvalue weighted by atomic mass is 9.72. The van der Waals surface area contributed by atoms with Gasteiger partial charge in [0.2, 0.25) is 11.7 Å². The number of hydrogen-bond donors (Lipinski definition) is 2. The van der Waals surface area contributed by atoms with E-state index in [-0.39, 0.29) is 24.3 Å². The standard InChI is InChI=1S/C34H41N7O5/c1-22(2)33-23(3)6-5-7-32(33)46-40(24(4)42)20-25-10-14-29(15-11-25)35-19-28-18-30(41(43)44)16-17-31(28)45-21-26-8-12-27(13-9-26)34-36-38-39-37-34/h8-18,22-23,32-33,35H,5-7,19-21H2,1-4H3,(H,36,37,38,39). The van der Waals surface area contributed by atoms with Gasteiger partial charge in [0.15, 0.2) is 0 Å². The molecule has 1 amide bonds. The quantitative estimate of drug-likeness (QED) is 0.122. The fourth-order valence-electron chi connectivity index (χ4n) is 6.23. The highest BCUT2D eigenvalue weighted by Gasteiger charge is 2.35. The molecule has 3 unspecified atom stereocenters. The lowest BCUT2D eigenvalue weighted by Gasteiger charge is -2.40. The summed E-state index contributed by atoms with van der Waals surface area (Å²) in [5.74, 6) is 2.37. The topological polar surface area (TPSA) is 148 Å². The highest BCUT2D eigenvalue weighted by atomic mass is 16.7. The average molecular weight is 628 g/mol. The fraction of sp³-hybridized carbons (Fsp3) is 0.412. The van der Waals surface area contributed by atoms with Gasteiger partial charge >= 0.3 is 0 Å². The van der Waals surface area contributed by atoms with Crippen LogP contribution >= 0.6 is 0 Å². The largest absolute Gasteiger partial charge is 0.489 e. The number of H-pyrrole nitrogens is 1. The maximum Gasteiger partial charge on any atom is 0.270 e. The predicted molar refractivity (Wildman–Crippen MR) is 173 cm³/mol. The Hall–Kier alpha value is -4.84. The first-order valence-corrected chi connectivity index (χ1v) is 15.7. The first-order valence-electron chi connectivity index (χ1n) is 15.7. The number of aromatic nitrogens is 4. The number of rotatable bonds is 13. The van der Waals surface area contributed by atoms with Gasteiger partial charge in [-0.15, -0.1) is 10.2 Å². The van der Waals surface area contributed by atoms with Gasteiger partial charge in [-0.1, -0.05) is 70.0 Å². The fourth-order valence-corrected chi connectivity index (χ4v) is 6.23. The van der Waals surface area contributed by atoms with Crippen LogP contribution in [0.15, 0.2) is 66.7 Å². The second-order valence-corrected chi connectivity index (χ2v) is 12.2. The van der Waals surface area contributed by atoms with E-state index < -0.39 is 4.92 Å². The van der Waals surface area contributed by atoms with Crippen LogP contribution in [0.25, 0.3) is 11.4 Å². The molecule has 12 nitrogen and oxygen atoms in total. The number of anilines is 1. The molecule has 0 bridgehead atoms. The Balaban J connectivity index is 1.21. The Morgan fingerprint density at radius 1 is 1.09 bits per heavy atom. The molecule has 0 spiro atoms. The first kappa shape index (κ1) is 32.6. The number of hydrogen-bond acceptors (Lipinski definition) is 9. The lowest BCUT2D eigenvalue weighted by Crippen LogP contribution is -2.42. The molecular weight excluding hydrogens is 586 g/mol. The molecule has 46 heavy (non-hydrogen) atoms. The molecular formula is C34H41N7O5. The normalized spacial score (nSPS) is 17.9. The van der Waals surface area contributed by atoms with E-state index in [1.54, 1.807) is 6.07 Å². The van der Waals surface area contributed by atoms with Crippen LogP contribution in [0.4, 0.5) is 11.4 Å². The Morgan fingerprint density at radius 2 is 1.83 bits per heavy atom. The van der Waals surface area contributed by atoms with Gasteiger partial charge < -0.3 is 10.1 Å². The first-order chi connectivity index (χ1) is 22.2. The van der Waals surface area contributed by atoms with Gasteiger partial charge in [0.1, 0.15) is 12.4 Å². The summed E-state index contributed by atoms with van der Waals surface area (Å²) in [7, 11) is 0. The van der Waals surface area contributed by atoms with Crippen molar-refractivity contribution in [1.29, 1.82) is 0 Å². The molecule has 1 aliphatic rings. The zero-order valence-corrected chi connectivity index (χ0v) is 26.7. The molecule has 5 rings (SSSR count). The van der Waals surface area contributed by atoms with E-state index in [2.05, 4.69) is 46.7 Å². The third-order valence-corrected chi connectivity index (χ3v) is 8.59. The van der Waals surface area contributed by atoms with E-state index in [0.29, 0.717) is 48.0 Å². The maximum atomic E-state index is 12.5. The van der Waals surface area contributed by atoms with Crippen molar-refractivity contribution in [3.05, 3.63) is 93.5 Å². The summed E-state index contributed by atoms with van der Waals surface area (Å²) >= 11 is 0. The number of carbonyl (C=O) groups is 1. The number of aromatic amines is 1. The number of nitrogens with one attached hydrogen (secondary N) is 2. The van der Waals surface area contributed by atoms with Crippen LogP contribution in [0.2, 0.25) is 0 Å². The van der Waals surface area contributed by atoms with E-state index in [1.807, 2.05) is 48.5 Å². The highest BCUT2D eigenvalue weighted by Crippen LogP contribution is 2.37. The lowest BCUT2D eigenvalue weighted by molar-refractivity contribution is -0.384. The van der Waals surface area contributed by atoms with E-state index in [0.717, 1.165) is 35.2 Å². The van der Waals surface area contributed by atoms with Gasteiger partial charge in [0, 0.05) is 42.4 Å². The summed E-state index contributed by atoms with van der Waals surface area (Å²) in [4.78, 5) is 30.0. The van der Waals surface area contributed by atoms with Crippen molar-refractivity contribution in [2.45, 2.75) is 72.8 Å². The van der Waals surface area contributed by atoms with Crippen LogP contribution in [0.5, 0.6) is 5.75 Å². The number of nitro benzene ring substituents is 1. The maximum absolute atomic E-state index is 12.5. The molecule has 3 atom stereocenters. The Bertz CT molecular complexity index is 1590. The molecule has 1 fully saturated rings. The van der Waals surface area contributed by atoms with Crippen molar-refractivity contribution in [2.75, 3.05) is 5.32 Å².